The Morgan fingerprint density at radius 3 is 2.38 bits per heavy atom. The van der Waals surface area contributed by atoms with Gasteiger partial charge in [-0.15, -0.1) is 0 Å². The van der Waals surface area contributed by atoms with Crippen molar-refractivity contribution in [3.8, 4) is 5.75 Å². The van der Waals surface area contributed by atoms with E-state index in [0.29, 0.717) is 31.6 Å². The highest BCUT2D eigenvalue weighted by Gasteiger charge is 2.35. The number of unbranched alkanes of at least 4 members (excludes halogenated alkanes) is 2. The largest absolute Gasteiger partial charge is 0.508 e. The molecule has 2 aliphatic heterocycles. The molecule has 0 bridgehead atoms. The van der Waals surface area contributed by atoms with Gasteiger partial charge in [0.25, 0.3) is 5.91 Å². The number of piperazine rings is 1. The minimum absolute atomic E-state index is 0.0335. The van der Waals surface area contributed by atoms with Crippen LogP contribution in [0.25, 0.3) is 0 Å². The Hall–Kier alpha value is -3.79. The van der Waals surface area contributed by atoms with Crippen molar-refractivity contribution in [2.45, 2.75) is 70.6 Å². The van der Waals surface area contributed by atoms with E-state index in [1.165, 1.54) is 6.07 Å². The molecule has 2 fully saturated rings. The number of aliphatic carboxylic acids is 1. The molecule has 2 saturated heterocycles. The van der Waals surface area contributed by atoms with Gasteiger partial charge < -0.3 is 20.0 Å². The molecule has 5 rings (SSSR count). The Labute approximate surface area is 278 Å². The third kappa shape index (κ3) is 9.40. The number of rotatable bonds is 12. The van der Waals surface area contributed by atoms with Gasteiger partial charge in [0.1, 0.15) is 11.6 Å². The molecule has 2 N–H and O–H groups in total. The molecule has 0 aromatic heterocycles. The predicted molar refractivity (Wildman–Crippen MR) is 182 cm³/mol. The van der Waals surface area contributed by atoms with Crippen LogP contribution in [-0.2, 0) is 11.3 Å². The Bertz CT molecular complexity index is 1500. The molecule has 8 nitrogen and oxygen atoms in total. The average Bonchev–Trinajstić information content (AvgIpc) is 3.29. The third-order valence-corrected chi connectivity index (χ3v) is 9.65. The van der Waals surface area contributed by atoms with E-state index in [2.05, 4.69) is 34.6 Å². The summed E-state index contributed by atoms with van der Waals surface area (Å²) in [5.41, 5.74) is 3.61. The van der Waals surface area contributed by atoms with E-state index in [1.54, 1.807) is 18.2 Å². The fourth-order valence-corrected chi connectivity index (χ4v) is 7.16. The SMILES string of the molecule is C[C@@H]1CN([C@@H](c2cccc(O)c2)c2cccc(C(=O)N3CCCN(CCCCCC(=O)O)CC3)c2)[C@@H](C)CN1Cc1cccc(F)c1. The smallest absolute Gasteiger partial charge is 0.303 e. The molecule has 2 heterocycles. The zero-order valence-electron chi connectivity index (χ0n) is 27.7. The number of aromatic hydroxyl groups is 1. The molecule has 9 heteroatoms. The summed E-state index contributed by atoms with van der Waals surface area (Å²) in [4.78, 5) is 33.9. The van der Waals surface area contributed by atoms with E-state index in [9.17, 15) is 19.1 Å². The maximum absolute atomic E-state index is 13.9. The number of amides is 1. The molecule has 3 atom stereocenters. The van der Waals surface area contributed by atoms with E-state index < -0.39 is 5.97 Å². The number of phenolic OH excluding ortho intramolecular Hbond substituents is 1. The molecule has 3 aromatic rings. The summed E-state index contributed by atoms with van der Waals surface area (Å²) >= 11 is 0. The van der Waals surface area contributed by atoms with Crippen molar-refractivity contribution in [1.82, 2.24) is 19.6 Å². The van der Waals surface area contributed by atoms with E-state index in [0.717, 1.165) is 68.7 Å². The molecule has 3 aromatic carbocycles. The Kier molecular flexibility index (Phi) is 12.0. The van der Waals surface area contributed by atoms with Crippen LogP contribution >= 0.6 is 0 Å². The van der Waals surface area contributed by atoms with Gasteiger partial charge in [0.2, 0.25) is 0 Å². The Morgan fingerprint density at radius 1 is 0.851 bits per heavy atom. The van der Waals surface area contributed by atoms with Crippen molar-refractivity contribution in [2.75, 3.05) is 45.8 Å². The lowest BCUT2D eigenvalue weighted by atomic mass is 9.92. The highest BCUT2D eigenvalue weighted by atomic mass is 19.1. The van der Waals surface area contributed by atoms with Crippen molar-refractivity contribution >= 4 is 11.9 Å². The molecule has 0 radical (unpaired) electrons. The van der Waals surface area contributed by atoms with Crippen LogP contribution in [0.3, 0.4) is 0 Å². The molecular formula is C38H49FN4O4. The van der Waals surface area contributed by atoms with E-state index in [4.69, 9.17) is 5.11 Å². The topological polar surface area (TPSA) is 87.6 Å². The molecule has 0 saturated carbocycles. The van der Waals surface area contributed by atoms with Gasteiger partial charge in [-0.3, -0.25) is 19.4 Å². The minimum atomic E-state index is -0.740. The maximum atomic E-state index is 13.9. The first-order valence-electron chi connectivity index (χ1n) is 17.0. The van der Waals surface area contributed by atoms with Gasteiger partial charge in [0.15, 0.2) is 0 Å². The number of hydrogen-bond donors (Lipinski definition) is 2. The lowest BCUT2D eigenvalue weighted by Gasteiger charge is -2.47. The zero-order valence-corrected chi connectivity index (χ0v) is 27.7. The number of hydrogen-bond acceptors (Lipinski definition) is 6. The van der Waals surface area contributed by atoms with Gasteiger partial charge in [-0.2, -0.15) is 0 Å². The first-order valence-corrected chi connectivity index (χ1v) is 17.0. The molecule has 252 valence electrons. The molecule has 0 aliphatic carbocycles. The molecule has 0 unspecified atom stereocenters. The summed E-state index contributed by atoms with van der Waals surface area (Å²) < 4.78 is 13.9. The van der Waals surface area contributed by atoms with Gasteiger partial charge in [-0.1, -0.05) is 42.8 Å². The molecule has 0 spiro atoms. The fraction of sp³-hybridized carbons (Fsp3) is 0.474. The van der Waals surface area contributed by atoms with Crippen molar-refractivity contribution in [3.05, 3.63) is 101 Å². The van der Waals surface area contributed by atoms with Gasteiger partial charge >= 0.3 is 5.97 Å². The van der Waals surface area contributed by atoms with Crippen LogP contribution in [0.15, 0.2) is 72.8 Å². The van der Waals surface area contributed by atoms with Crippen molar-refractivity contribution < 1.29 is 24.2 Å². The van der Waals surface area contributed by atoms with Crippen LogP contribution in [-0.4, -0.2) is 99.6 Å². The van der Waals surface area contributed by atoms with E-state index in [-0.39, 0.29) is 42.0 Å². The summed E-state index contributed by atoms with van der Waals surface area (Å²) in [5.74, 6) is -0.717. The number of phenols is 1. The first kappa shape index (κ1) is 34.5. The van der Waals surface area contributed by atoms with E-state index in [1.807, 2.05) is 47.4 Å². The third-order valence-electron chi connectivity index (χ3n) is 9.65. The monoisotopic (exact) mass is 644 g/mol. The van der Waals surface area contributed by atoms with Crippen LogP contribution in [0.4, 0.5) is 4.39 Å². The second-order valence-corrected chi connectivity index (χ2v) is 13.3. The Morgan fingerprint density at radius 2 is 1.62 bits per heavy atom. The van der Waals surface area contributed by atoms with Crippen LogP contribution in [0, 0.1) is 5.82 Å². The van der Waals surface area contributed by atoms with Crippen LogP contribution in [0.2, 0.25) is 0 Å². The predicted octanol–water partition coefficient (Wildman–Crippen LogP) is 6.01. The summed E-state index contributed by atoms with van der Waals surface area (Å²) in [5, 5.41) is 19.3. The zero-order chi connectivity index (χ0) is 33.3. The minimum Gasteiger partial charge on any atom is -0.508 e. The highest BCUT2D eigenvalue weighted by molar-refractivity contribution is 5.94. The normalized spacial score (nSPS) is 20.5. The van der Waals surface area contributed by atoms with Gasteiger partial charge in [-0.25, -0.2) is 4.39 Å². The molecule has 2 aliphatic rings. The van der Waals surface area contributed by atoms with Crippen LogP contribution in [0.1, 0.15) is 79.0 Å². The molecule has 1 amide bonds. The van der Waals surface area contributed by atoms with Gasteiger partial charge in [0, 0.05) is 63.3 Å². The van der Waals surface area contributed by atoms with Gasteiger partial charge in [-0.05, 0) is 99.3 Å². The van der Waals surface area contributed by atoms with Crippen LogP contribution in [0.5, 0.6) is 5.75 Å². The van der Waals surface area contributed by atoms with E-state index >= 15 is 0 Å². The standard InChI is InChI=1S/C38H49FN4O4/c1-28-26-43(29(2)25-42(28)27-30-10-6-14-34(39)22-30)37(32-12-8-15-35(44)24-32)31-11-7-13-33(23-31)38(47)41-19-9-18-40(20-21-41)17-5-3-4-16-36(45)46/h6-8,10-15,22-24,28-29,37,44H,3-5,9,16-21,25-27H2,1-2H3,(H,45,46)/t28-,29+,37-/m1/s1. The summed E-state index contributed by atoms with van der Waals surface area (Å²) in [7, 11) is 0. The Balaban J connectivity index is 1.30. The summed E-state index contributed by atoms with van der Waals surface area (Å²) in [6.07, 6.45) is 3.70. The number of halogens is 1. The maximum Gasteiger partial charge on any atom is 0.303 e. The van der Waals surface area contributed by atoms with Crippen molar-refractivity contribution in [2.24, 2.45) is 0 Å². The number of benzene rings is 3. The highest BCUT2D eigenvalue weighted by Crippen LogP contribution is 2.35. The van der Waals surface area contributed by atoms with Crippen molar-refractivity contribution in [3.63, 3.8) is 0 Å². The number of carboxylic acid groups (broad SMARTS) is 1. The number of carbonyl (C=O) groups is 2. The lowest BCUT2D eigenvalue weighted by Crippen LogP contribution is -2.56. The summed E-state index contributed by atoms with van der Waals surface area (Å²) in [6.45, 7) is 10.7. The quantitative estimate of drug-likeness (QED) is 0.234. The number of carboxylic acids is 1. The lowest BCUT2D eigenvalue weighted by molar-refractivity contribution is -0.137. The average molecular weight is 645 g/mol. The molecule has 47 heavy (non-hydrogen) atoms. The van der Waals surface area contributed by atoms with Crippen molar-refractivity contribution in [1.29, 1.82) is 0 Å². The van der Waals surface area contributed by atoms with Gasteiger partial charge in [0.05, 0.1) is 6.04 Å². The summed E-state index contributed by atoms with van der Waals surface area (Å²) in [6, 6.07) is 22.4. The molecular weight excluding hydrogens is 595 g/mol. The first-order chi connectivity index (χ1) is 22.7. The fourth-order valence-electron chi connectivity index (χ4n) is 7.16. The number of nitrogens with zero attached hydrogens (tertiary/aromatic N) is 4. The number of carbonyl (C=O) groups excluding carboxylic acids is 1. The second-order valence-electron chi connectivity index (χ2n) is 13.3. The second kappa shape index (κ2) is 16.4. The van der Waals surface area contributed by atoms with Crippen LogP contribution < -0.4 is 0 Å².